The summed E-state index contributed by atoms with van der Waals surface area (Å²) >= 11 is 0. The van der Waals surface area contributed by atoms with Crippen LogP contribution in [0.5, 0.6) is 0 Å². The summed E-state index contributed by atoms with van der Waals surface area (Å²) in [6.45, 7) is 0. The Kier molecular flexibility index (Phi) is 2.89. The average Bonchev–Trinajstić information content (AvgIpc) is 2.47. The van der Waals surface area contributed by atoms with Gasteiger partial charge in [-0.3, -0.25) is 0 Å². The molecule has 0 aromatic heterocycles. The van der Waals surface area contributed by atoms with Crippen LogP contribution in [0.2, 0.25) is 0 Å². The summed E-state index contributed by atoms with van der Waals surface area (Å²) in [7, 11) is 2.18. The summed E-state index contributed by atoms with van der Waals surface area (Å²) in [5.74, 6) is 0. The van der Waals surface area contributed by atoms with Gasteiger partial charge in [-0.15, -0.1) is 0 Å². The Balaban J connectivity index is 1.97. The third kappa shape index (κ3) is 1.92. The summed E-state index contributed by atoms with van der Waals surface area (Å²) in [5, 5.41) is 0. The number of hydrogen-bond acceptors (Lipinski definition) is 1. The normalized spacial score (nSPS) is 17.3. The van der Waals surface area contributed by atoms with Crippen LogP contribution in [0.3, 0.4) is 0 Å². The number of benzene rings is 2. The Labute approximate surface area is 108 Å². The average molecular weight is 235 g/mol. The molecule has 1 aliphatic rings. The van der Waals surface area contributed by atoms with Crippen molar-refractivity contribution in [3.8, 4) is 0 Å². The Morgan fingerprint density at radius 1 is 0.944 bits per heavy atom. The number of nitrogens with zero attached hydrogens (tertiary/aromatic N) is 1. The third-order valence-corrected chi connectivity index (χ3v) is 3.64. The Bertz CT molecular complexity index is 557. The van der Waals surface area contributed by atoms with E-state index in [1.54, 1.807) is 0 Å². The van der Waals surface area contributed by atoms with Crippen molar-refractivity contribution in [3.63, 3.8) is 0 Å². The van der Waals surface area contributed by atoms with Crippen LogP contribution in [0.4, 0.5) is 5.69 Å². The van der Waals surface area contributed by atoms with Crippen LogP contribution in [-0.2, 0) is 0 Å². The fourth-order valence-electron chi connectivity index (χ4n) is 2.63. The summed E-state index contributed by atoms with van der Waals surface area (Å²) in [5.41, 5.74) is 4.04. The molecule has 3 rings (SSSR count). The molecule has 1 unspecified atom stereocenters. The lowest BCUT2D eigenvalue weighted by Gasteiger charge is -2.32. The van der Waals surface area contributed by atoms with Gasteiger partial charge in [0.2, 0.25) is 0 Å². The SMILES string of the molecule is CN(c1ccccc1)C1CC=Cc2ccccc21. The molecule has 0 bridgehead atoms. The van der Waals surface area contributed by atoms with Crippen LogP contribution < -0.4 is 4.90 Å². The van der Waals surface area contributed by atoms with E-state index in [1.807, 2.05) is 0 Å². The molecule has 0 aliphatic heterocycles. The molecule has 1 atom stereocenters. The van der Waals surface area contributed by atoms with Crippen LogP contribution in [0.25, 0.3) is 6.08 Å². The smallest absolute Gasteiger partial charge is 0.0579 e. The second-order valence-corrected chi connectivity index (χ2v) is 4.73. The van der Waals surface area contributed by atoms with Gasteiger partial charge in [0.1, 0.15) is 0 Å². The predicted octanol–water partition coefficient (Wildman–Crippen LogP) is 4.28. The maximum atomic E-state index is 2.36. The van der Waals surface area contributed by atoms with Crippen molar-refractivity contribution >= 4 is 11.8 Å². The second-order valence-electron chi connectivity index (χ2n) is 4.73. The van der Waals surface area contributed by atoms with Crippen molar-refractivity contribution in [3.05, 3.63) is 71.8 Å². The maximum Gasteiger partial charge on any atom is 0.0579 e. The number of fused-ring (bicyclic) bond motifs is 1. The molecule has 0 radical (unpaired) electrons. The van der Waals surface area contributed by atoms with Gasteiger partial charge in [-0.1, -0.05) is 54.6 Å². The molecule has 0 amide bonds. The number of hydrogen-bond donors (Lipinski definition) is 0. The molecule has 2 aromatic carbocycles. The Hall–Kier alpha value is -2.02. The monoisotopic (exact) mass is 235 g/mol. The highest BCUT2D eigenvalue weighted by atomic mass is 15.1. The molecular weight excluding hydrogens is 218 g/mol. The highest BCUT2D eigenvalue weighted by molar-refractivity contribution is 5.60. The molecule has 1 aliphatic carbocycles. The van der Waals surface area contributed by atoms with E-state index in [2.05, 4.69) is 78.7 Å². The molecular formula is C17H17N. The van der Waals surface area contributed by atoms with Gasteiger partial charge in [0.05, 0.1) is 6.04 Å². The van der Waals surface area contributed by atoms with Gasteiger partial charge in [0.25, 0.3) is 0 Å². The minimum atomic E-state index is 0.439. The number of rotatable bonds is 2. The molecule has 1 heteroatoms. The first-order valence-corrected chi connectivity index (χ1v) is 6.39. The molecule has 0 N–H and O–H groups in total. The molecule has 2 aromatic rings. The fraction of sp³-hybridized carbons (Fsp3) is 0.176. The third-order valence-electron chi connectivity index (χ3n) is 3.64. The van der Waals surface area contributed by atoms with E-state index in [-0.39, 0.29) is 0 Å². The molecule has 0 saturated carbocycles. The summed E-state index contributed by atoms with van der Waals surface area (Å²) in [6.07, 6.45) is 5.57. The highest BCUT2D eigenvalue weighted by Gasteiger charge is 2.20. The molecule has 18 heavy (non-hydrogen) atoms. The first kappa shape index (κ1) is 11.1. The van der Waals surface area contributed by atoms with E-state index in [1.165, 1.54) is 16.8 Å². The molecule has 0 spiro atoms. The predicted molar refractivity (Wildman–Crippen MR) is 77.7 cm³/mol. The van der Waals surface area contributed by atoms with E-state index in [0.29, 0.717) is 6.04 Å². The number of para-hydroxylation sites is 1. The van der Waals surface area contributed by atoms with Gasteiger partial charge in [0, 0.05) is 12.7 Å². The van der Waals surface area contributed by atoms with Crippen molar-refractivity contribution in [2.75, 3.05) is 11.9 Å². The van der Waals surface area contributed by atoms with E-state index in [0.717, 1.165) is 6.42 Å². The zero-order valence-corrected chi connectivity index (χ0v) is 10.6. The quantitative estimate of drug-likeness (QED) is 0.751. The van der Waals surface area contributed by atoms with Gasteiger partial charge in [-0.05, 0) is 29.7 Å². The van der Waals surface area contributed by atoms with Crippen LogP contribution >= 0.6 is 0 Å². The fourth-order valence-corrected chi connectivity index (χ4v) is 2.63. The van der Waals surface area contributed by atoms with E-state index in [4.69, 9.17) is 0 Å². The topological polar surface area (TPSA) is 3.24 Å². The Morgan fingerprint density at radius 2 is 1.67 bits per heavy atom. The molecule has 0 fully saturated rings. The minimum Gasteiger partial charge on any atom is -0.367 e. The molecule has 90 valence electrons. The lowest BCUT2D eigenvalue weighted by Crippen LogP contribution is -2.25. The zero-order valence-electron chi connectivity index (χ0n) is 10.6. The highest BCUT2D eigenvalue weighted by Crippen LogP contribution is 2.34. The van der Waals surface area contributed by atoms with Gasteiger partial charge in [-0.2, -0.15) is 0 Å². The lowest BCUT2D eigenvalue weighted by molar-refractivity contribution is 0.675. The maximum absolute atomic E-state index is 2.36. The first-order valence-electron chi connectivity index (χ1n) is 6.39. The van der Waals surface area contributed by atoms with E-state index in [9.17, 15) is 0 Å². The number of anilines is 1. The van der Waals surface area contributed by atoms with E-state index < -0.39 is 0 Å². The second kappa shape index (κ2) is 4.69. The van der Waals surface area contributed by atoms with E-state index >= 15 is 0 Å². The summed E-state index contributed by atoms with van der Waals surface area (Å²) in [6, 6.07) is 19.7. The van der Waals surface area contributed by atoms with Gasteiger partial charge in [0.15, 0.2) is 0 Å². The van der Waals surface area contributed by atoms with Gasteiger partial charge >= 0.3 is 0 Å². The largest absolute Gasteiger partial charge is 0.367 e. The molecule has 0 saturated heterocycles. The minimum absolute atomic E-state index is 0.439. The van der Waals surface area contributed by atoms with Crippen LogP contribution in [0.1, 0.15) is 23.6 Å². The van der Waals surface area contributed by atoms with Crippen LogP contribution in [-0.4, -0.2) is 7.05 Å². The molecule has 1 nitrogen and oxygen atoms in total. The van der Waals surface area contributed by atoms with Crippen molar-refractivity contribution in [1.29, 1.82) is 0 Å². The van der Waals surface area contributed by atoms with Crippen LogP contribution in [0.15, 0.2) is 60.7 Å². The molecule has 0 heterocycles. The van der Waals surface area contributed by atoms with Crippen molar-refractivity contribution in [2.24, 2.45) is 0 Å². The van der Waals surface area contributed by atoms with Gasteiger partial charge < -0.3 is 4.90 Å². The van der Waals surface area contributed by atoms with Crippen molar-refractivity contribution in [2.45, 2.75) is 12.5 Å². The standard InChI is InChI=1S/C17H17N/c1-18(15-10-3-2-4-11-15)17-13-7-9-14-8-5-6-12-16(14)17/h2-12,17H,13H2,1H3. The van der Waals surface area contributed by atoms with Gasteiger partial charge in [-0.25, -0.2) is 0 Å². The first-order chi connectivity index (χ1) is 8.86. The van der Waals surface area contributed by atoms with Crippen molar-refractivity contribution in [1.82, 2.24) is 0 Å². The zero-order chi connectivity index (χ0) is 12.4. The van der Waals surface area contributed by atoms with Crippen LogP contribution in [0, 0.1) is 0 Å². The Morgan fingerprint density at radius 3 is 2.50 bits per heavy atom. The van der Waals surface area contributed by atoms with Crippen molar-refractivity contribution < 1.29 is 0 Å². The summed E-state index contributed by atoms with van der Waals surface area (Å²) < 4.78 is 0. The summed E-state index contributed by atoms with van der Waals surface area (Å²) in [4.78, 5) is 2.36. The lowest BCUT2D eigenvalue weighted by atomic mass is 9.91.